The fourth-order valence-electron chi connectivity index (χ4n) is 4.37. The molecular formula is C27H25N5O4S. The molecule has 0 unspecified atom stereocenters. The van der Waals surface area contributed by atoms with Gasteiger partial charge in [0.05, 0.1) is 24.2 Å². The molecule has 0 aliphatic carbocycles. The molecule has 5 aromatic rings. The van der Waals surface area contributed by atoms with Crippen molar-refractivity contribution in [1.82, 2.24) is 19.9 Å². The van der Waals surface area contributed by atoms with Crippen molar-refractivity contribution >= 4 is 43.7 Å². The quantitative estimate of drug-likeness (QED) is 0.326. The van der Waals surface area contributed by atoms with E-state index < -0.39 is 15.9 Å². The fourth-order valence-corrected chi connectivity index (χ4v) is 4.80. The molecule has 2 N–H and O–H groups in total. The first kappa shape index (κ1) is 24.4. The Labute approximate surface area is 214 Å². The lowest BCUT2D eigenvalue weighted by atomic mass is 10.0. The first-order valence-electron chi connectivity index (χ1n) is 11.6. The number of aryl methyl sites for hydroxylation is 2. The molecule has 0 saturated heterocycles. The van der Waals surface area contributed by atoms with Gasteiger partial charge in [-0.3, -0.25) is 4.79 Å². The van der Waals surface area contributed by atoms with Crippen molar-refractivity contribution in [3.63, 3.8) is 0 Å². The molecule has 2 aromatic carbocycles. The van der Waals surface area contributed by atoms with Crippen molar-refractivity contribution < 1.29 is 17.6 Å². The minimum Gasteiger partial charge on any atom is -0.453 e. The number of nitrogens with zero attached hydrogens (tertiary/aromatic N) is 3. The Morgan fingerprint density at radius 1 is 1.03 bits per heavy atom. The monoisotopic (exact) mass is 515 g/mol. The highest BCUT2D eigenvalue weighted by molar-refractivity contribution is 7.89. The maximum atomic E-state index is 12.7. The second kappa shape index (κ2) is 9.29. The number of sulfonamides is 1. The van der Waals surface area contributed by atoms with E-state index in [1.165, 1.54) is 0 Å². The number of hydrogen-bond donors (Lipinski definition) is 2. The third kappa shape index (κ3) is 4.88. The summed E-state index contributed by atoms with van der Waals surface area (Å²) in [6.07, 6.45) is 2.62. The summed E-state index contributed by atoms with van der Waals surface area (Å²) < 4.78 is 31.7. The standard InChI is InChI=1S/C27H25N5O4S/c1-15-12-19(17(3)30-22-11-10-16(2)29-24(22)27(33)32-37(4,34)35)25-20(13-15)23-26(36-25)21(14-28-31-23)18-8-6-5-7-9-18/h5-14,17,30H,1-4H3,(H,32,33)/t17-/m1/s1. The van der Waals surface area contributed by atoms with Crippen LogP contribution in [-0.2, 0) is 10.0 Å². The second-order valence-corrected chi connectivity index (χ2v) is 10.8. The molecule has 5 rings (SSSR count). The highest BCUT2D eigenvalue weighted by Gasteiger charge is 2.22. The van der Waals surface area contributed by atoms with Crippen LogP contribution in [0.3, 0.4) is 0 Å². The third-order valence-corrected chi connectivity index (χ3v) is 6.53. The fraction of sp³-hybridized carbons (Fsp3) is 0.185. The smallest absolute Gasteiger partial charge is 0.285 e. The summed E-state index contributed by atoms with van der Waals surface area (Å²) in [4.78, 5) is 17.0. The van der Waals surface area contributed by atoms with Crippen molar-refractivity contribution in [3.8, 4) is 11.1 Å². The maximum absolute atomic E-state index is 12.7. The molecule has 0 saturated carbocycles. The molecule has 0 radical (unpaired) electrons. The summed E-state index contributed by atoms with van der Waals surface area (Å²) in [5.74, 6) is -0.804. The Bertz CT molecular complexity index is 1760. The van der Waals surface area contributed by atoms with Crippen molar-refractivity contribution in [3.05, 3.63) is 83.3 Å². The lowest BCUT2D eigenvalue weighted by Gasteiger charge is -2.19. The van der Waals surface area contributed by atoms with E-state index in [1.807, 2.05) is 61.0 Å². The summed E-state index contributed by atoms with van der Waals surface area (Å²) in [7, 11) is -3.75. The molecule has 0 aliphatic rings. The van der Waals surface area contributed by atoms with E-state index in [-0.39, 0.29) is 11.7 Å². The Hall–Kier alpha value is -4.31. The first-order chi connectivity index (χ1) is 17.6. The number of pyridine rings is 1. The van der Waals surface area contributed by atoms with Gasteiger partial charge in [-0.2, -0.15) is 5.10 Å². The Morgan fingerprint density at radius 3 is 2.51 bits per heavy atom. The lowest BCUT2D eigenvalue weighted by Crippen LogP contribution is -2.31. The maximum Gasteiger partial charge on any atom is 0.285 e. The zero-order chi connectivity index (χ0) is 26.3. The van der Waals surface area contributed by atoms with Crippen molar-refractivity contribution in [1.29, 1.82) is 0 Å². The number of carbonyl (C=O) groups is 1. The number of carbonyl (C=O) groups excluding carboxylic acids is 1. The molecule has 9 nitrogen and oxygen atoms in total. The number of anilines is 1. The second-order valence-electron chi connectivity index (χ2n) is 9.05. The molecule has 3 heterocycles. The van der Waals surface area contributed by atoms with Gasteiger partial charge in [0.25, 0.3) is 5.91 Å². The average molecular weight is 516 g/mol. The molecule has 1 amide bonds. The van der Waals surface area contributed by atoms with Crippen LogP contribution in [0, 0.1) is 13.8 Å². The highest BCUT2D eigenvalue weighted by Crippen LogP contribution is 2.38. The predicted molar refractivity (Wildman–Crippen MR) is 143 cm³/mol. The summed E-state index contributed by atoms with van der Waals surface area (Å²) in [6.45, 7) is 5.65. The van der Waals surface area contributed by atoms with Gasteiger partial charge in [-0.15, -0.1) is 5.10 Å². The van der Waals surface area contributed by atoms with Gasteiger partial charge in [0.15, 0.2) is 11.3 Å². The largest absolute Gasteiger partial charge is 0.453 e. The Balaban J connectivity index is 1.60. The summed E-state index contributed by atoms with van der Waals surface area (Å²) in [5.41, 5.74) is 6.59. The van der Waals surface area contributed by atoms with Gasteiger partial charge in [-0.25, -0.2) is 18.1 Å². The van der Waals surface area contributed by atoms with Crippen LogP contribution in [0.2, 0.25) is 0 Å². The van der Waals surface area contributed by atoms with E-state index in [0.29, 0.717) is 28.1 Å². The number of furan rings is 1. The van der Waals surface area contributed by atoms with Gasteiger partial charge in [0, 0.05) is 22.2 Å². The molecule has 0 spiro atoms. The van der Waals surface area contributed by atoms with Crippen LogP contribution in [0.25, 0.3) is 33.2 Å². The molecular weight excluding hydrogens is 490 g/mol. The molecule has 3 aromatic heterocycles. The van der Waals surface area contributed by atoms with E-state index >= 15 is 0 Å². The van der Waals surface area contributed by atoms with Crippen molar-refractivity contribution in [2.24, 2.45) is 0 Å². The van der Waals surface area contributed by atoms with Crippen LogP contribution in [0.15, 0.2) is 65.2 Å². The molecule has 0 fully saturated rings. The topological polar surface area (TPSA) is 127 Å². The van der Waals surface area contributed by atoms with Gasteiger partial charge < -0.3 is 9.73 Å². The van der Waals surface area contributed by atoms with Crippen LogP contribution in [0.4, 0.5) is 5.69 Å². The summed E-state index contributed by atoms with van der Waals surface area (Å²) >= 11 is 0. The number of benzene rings is 2. The molecule has 188 valence electrons. The average Bonchev–Trinajstić information content (AvgIpc) is 3.22. The van der Waals surface area contributed by atoms with Gasteiger partial charge in [-0.1, -0.05) is 36.4 Å². The van der Waals surface area contributed by atoms with Crippen molar-refractivity contribution in [2.45, 2.75) is 26.8 Å². The molecule has 0 aliphatic heterocycles. The number of rotatable bonds is 6. The number of fused-ring (bicyclic) bond motifs is 3. The van der Waals surface area contributed by atoms with Gasteiger partial charge >= 0.3 is 0 Å². The first-order valence-corrected chi connectivity index (χ1v) is 13.5. The molecule has 37 heavy (non-hydrogen) atoms. The van der Waals surface area contributed by atoms with Crippen LogP contribution in [0.1, 0.15) is 40.3 Å². The summed E-state index contributed by atoms with van der Waals surface area (Å²) in [6, 6.07) is 17.0. The Kier molecular flexibility index (Phi) is 6.12. The number of aromatic nitrogens is 3. The molecule has 0 bridgehead atoms. The van der Waals surface area contributed by atoms with Crippen molar-refractivity contribution in [2.75, 3.05) is 11.6 Å². The number of nitrogens with one attached hydrogen (secondary N) is 2. The number of hydrogen-bond acceptors (Lipinski definition) is 8. The van der Waals surface area contributed by atoms with E-state index in [4.69, 9.17) is 4.42 Å². The van der Waals surface area contributed by atoms with E-state index in [0.717, 1.165) is 33.9 Å². The van der Waals surface area contributed by atoms with Crippen LogP contribution < -0.4 is 10.0 Å². The Morgan fingerprint density at radius 2 is 1.78 bits per heavy atom. The molecule has 10 heteroatoms. The minimum absolute atomic E-state index is 0.0111. The van der Waals surface area contributed by atoms with Crippen LogP contribution in [-0.4, -0.2) is 35.8 Å². The van der Waals surface area contributed by atoms with E-state index in [1.54, 1.807) is 25.3 Å². The predicted octanol–water partition coefficient (Wildman–Crippen LogP) is 4.92. The summed E-state index contributed by atoms with van der Waals surface area (Å²) in [5, 5.41) is 12.8. The van der Waals surface area contributed by atoms with Gasteiger partial charge in [-0.05, 0) is 50.1 Å². The van der Waals surface area contributed by atoms with E-state index in [2.05, 4.69) is 20.5 Å². The normalized spacial score (nSPS) is 12.5. The van der Waals surface area contributed by atoms with Gasteiger partial charge in [0.2, 0.25) is 10.0 Å². The lowest BCUT2D eigenvalue weighted by molar-refractivity contribution is 0.0977. The molecule has 1 atom stereocenters. The van der Waals surface area contributed by atoms with Gasteiger partial charge in [0.1, 0.15) is 11.1 Å². The third-order valence-electron chi connectivity index (χ3n) is 5.98. The van der Waals surface area contributed by atoms with E-state index in [9.17, 15) is 13.2 Å². The number of amides is 1. The SMILES string of the molecule is Cc1cc([C@@H](C)Nc2ccc(C)nc2C(=O)NS(C)(=O)=O)c2oc3c(-c4ccccc4)cnnc3c2c1. The van der Waals surface area contributed by atoms with Crippen LogP contribution in [0.5, 0.6) is 0 Å². The minimum atomic E-state index is -3.75. The highest BCUT2D eigenvalue weighted by atomic mass is 32.2. The zero-order valence-corrected chi connectivity index (χ0v) is 21.6. The van der Waals surface area contributed by atoms with Crippen LogP contribution >= 0.6 is 0 Å². The zero-order valence-electron chi connectivity index (χ0n) is 20.7.